The van der Waals surface area contributed by atoms with Gasteiger partial charge in [0.2, 0.25) is 0 Å². The van der Waals surface area contributed by atoms with Gasteiger partial charge in [0, 0.05) is 5.69 Å². The van der Waals surface area contributed by atoms with E-state index in [0.717, 1.165) is 5.69 Å². The summed E-state index contributed by atoms with van der Waals surface area (Å²) in [6.07, 6.45) is 6.62. The summed E-state index contributed by atoms with van der Waals surface area (Å²) in [5, 5.41) is 0. The van der Waals surface area contributed by atoms with Gasteiger partial charge in [0.1, 0.15) is 0 Å². The molecule has 0 saturated heterocycles. The lowest BCUT2D eigenvalue weighted by atomic mass is 9.69. The molecule has 0 spiro atoms. The molecular weight excluding hydrogens is 194 g/mol. The Balaban J connectivity index is 2.07. The number of nitrogen functional groups attached to an aromatic ring is 1. The van der Waals surface area contributed by atoms with Crippen molar-refractivity contribution in [1.82, 2.24) is 0 Å². The Hall–Kier alpha value is -0.980. The zero-order valence-electron chi connectivity index (χ0n) is 10.5. The summed E-state index contributed by atoms with van der Waals surface area (Å²) in [7, 11) is 0. The first-order valence-corrected chi connectivity index (χ1v) is 6.49. The predicted octanol–water partition coefficient (Wildman–Crippen LogP) is 4.34. The van der Waals surface area contributed by atoms with Gasteiger partial charge < -0.3 is 5.73 Å². The highest BCUT2D eigenvalue weighted by Crippen LogP contribution is 2.45. The van der Waals surface area contributed by atoms with E-state index in [9.17, 15) is 0 Å². The van der Waals surface area contributed by atoms with Crippen LogP contribution in [0.2, 0.25) is 0 Å². The molecule has 0 heterocycles. The molecule has 16 heavy (non-hydrogen) atoms. The monoisotopic (exact) mass is 217 g/mol. The van der Waals surface area contributed by atoms with E-state index in [1.165, 1.54) is 37.7 Å². The van der Waals surface area contributed by atoms with Crippen LogP contribution < -0.4 is 5.73 Å². The number of hydrogen-bond donors (Lipinski definition) is 1. The van der Waals surface area contributed by atoms with Gasteiger partial charge in [-0.2, -0.15) is 0 Å². The summed E-state index contributed by atoms with van der Waals surface area (Å²) in [5.74, 6) is 0.695. The maximum Gasteiger partial charge on any atom is 0.0349 e. The second kappa shape index (κ2) is 4.48. The molecule has 1 aliphatic rings. The first-order chi connectivity index (χ1) is 7.64. The number of benzene rings is 1. The highest BCUT2D eigenvalue weighted by atomic mass is 14.6. The normalized spacial score (nSPS) is 30.2. The molecule has 0 atom stereocenters. The van der Waals surface area contributed by atoms with E-state index in [1.807, 2.05) is 12.1 Å². The fourth-order valence-corrected chi connectivity index (χ4v) is 2.86. The molecule has 88 valence electrons. The molecule has 1 aromatic rings. The van der Waals surface area contributed by atoms with Crippen molar-refractivity contribution in [3.8, 4) is 0 Å². The zero-order valence-corrected chi connectivity index (χ0v) is 10.5. The average Bonchev–Trinajstić information content (AvgIpc) is 2.31. The van der Waals surface area contributed by atoms with Gasteiger partial charge in [-0.3, -0.25) is 0 Å². The molecule has 1 heteroatoms. The van der Waals surface area contributed by atoms with Crippen LogP contribution in [0, 0.1) is 5.41 Å². The number of hydrogen-bond acceptors (Lipinski definition) is 1. The third-order valence-electron chi connectivity index (χ3n) is 4.48. The Kier molecular flexibility index (Phi) is 3.22. The molecule has 1 fully saturated rings. The molecular formula is C15H23N. The predicted molar refractivity (Wildman–Crippen MR) is 70.5 cm³/mol. The maximum absolute atomic E-state index is 6.05. The number of rotatable bonds is 2. The van der Waals surface area contributed by atoms with Crippen molar-refractivity contribution >= 4 is 5.69 Å². The van der Waals surface area contributed by atoms with Crippen LogP contribution in [-0.2, 0) is 0 Å². The Morgan fingerprint density at radius 2 is 1.88 bits per heavy atom. The summed E-state index contributed by atoms with van der Waals surface area (Å²) in [5.41, 5.74) is 8.99. The summed E-state index contributed by atoms with van der Waals surface area (Å²) >= 11 is 0. The van der Waals surface area contributed by atoms with Crippen LogP contribution in [0.1, 0.15) is 57.4 Å². The van der Waals surface area contributed by atoms with E-state index in [-0.39, 0.29) is 0 Å². The van der Waals surface area contributed by atoms with Crippen LogP contribution in [0.4, 0.5) is 5.69 Å². The summed E-state index contributed by atoms with van der Waals surface area (Å²) in [6, 6.07) is 8.37. The van der Waals surface area contributed by atoms with Crippen molar-refractivity contribution in [3.63, 3.8) is 0 Å². The van der Waals surface area contributed by atoms with E-state index in [4.69, 9.17) is 5.73 Å². The second-order valence-corrected chi connectivity index (χ2v) is 5.57. The van der Waals surface area contributed by atoms with Gasteiger partial charge in [0.05, 0.1) is 0 Å². The molecule has 1 aromatic carbocycles. The molecule has 1 aliphatic carbocycles. The van der Waals surface area contributed by atoms with E-state index >= 15 is 0 Å². The highest BCUT2D eigenvalue weighted by Gasteiger charge is 2.30. The second-order valence-electron chi connectivity index (χ2n) is 5.57. The summed E-state index contributed by atoms with van der Waals surface area (Å²) in [4.78, 5) is 0. The number of para-hydroxylation sites is 1. The van der Waals surface area contributed by atoms with Gasteiger partial charge in [-0.25, -0.2) is 0 Å². The molecule has 1 nitrogen and oxygen atoms in total. The van der Waals surface area contributed by atoms with Gasteiger partial charge in [0.15, 0.2) is 0 Å². The van der Waals surface area contributed by atoms with Crippen LogP contribution in [-0.4, -0.2) is 0 Å². The van der Waals surface area contributed by atoms with E-state index in [2.05, 4.69) is 26.0 Å². The minimum Gasteiger partial charge on any atom is -0.398 e. The van der Waals surface area contributed by atoms with Crippen LogP contribution >= 0.6 is 0 Å². The van der Waals surface area contributed by atoms with Crippen LogP contribution in [0.3, 0.4) is 0 Å². The first-order valence-electron chi connectivity index (χ1n) is 6.49. The molecule has 0 unspecified atom stereocenters. The molecule has 0 aromatic heterocycles. The fourth-order valence-electron chi connectivity index (χ4n) is 2.86. The third kappa shape index (κ3) is 2.23. The highest BCUT2D eigenvalue weighted by molar-refractivity contribution is 5.48. The summed E-state index contributed by atoms with van der Waals surface area (Å²) < 4.78 is 0. The van der Waals surface area contributed by atoms with Crippen molar-refractivity contribution < 1.29 is 0 Å². The molecule has 1 saturated carbocycles. The minimum atomic E-state index is 0.583. The SMILES string of the molecule is CCC1(C)CCC(c2ccccc2N)CC1. The Labute approximate surface area is 99.0 Å². The fraction of sp³-hybridized carbons (Fsp3) is 0.600. The van der Waals surface area contributed by atoms with Gasteiger partial charge in [-0.15, -0.1) is 0 Å². The third-order valence-corrected chi connectivity index (χ3v) is 4.48. The van der Waals surface area contributed by atoms with Crippen molar-refractivity contribution in [2.75, 3.05) is 5.73 Å². The van der Waals surface area contributed by atoms with Crippen molar-refractivity contribution in [2.45, 2.75) is 51.9 Å². The molecule has 0 bridgehead atoms. The van der Waals surface area contributed by atoms with Gasteiger partial charge >= 0.3 is 0 Å². The first kappa shape index (κ1) is 11.5. The Bertz CT molecular complexity index is 348. The number of anilines is 1. The van der Waals surface area contributed by atoms with Crippen LogP contribution in [0.25, 0.3) is 0 Å². The maximum atomic E-state index is 6.05. The van der Waals surface area contributed by atoms with E-state index in [1.54, 1.807) is 0 Å². The molecule has 0 amide bonds. The van der Waals surface area contributed by atoms with Crippen molar-refractivity contribution in [2.24, 2.45) is 5.41 Å². The average molecular weight is 217 g/mol. The molecule has 0 radical (unpaired) electrons. The van der Waals surface area contributed by atoms with Gasteiger partial charge in [-0.05, 0) is 48.6 Å². The lowest BCUT2D eigenvalue weighted by Gasteiger charge is -2.37. The minimum absolute atomic E-state index is 0.583. The topological polar surface area (TPSA) is 26.0 Å². The molecule has 0 aliphatic heterocycles. The van der Waals surface area contributed by atoms with E-state index < -0.39 is 0 Å². The van der Waals surface area contributed by atoms with Gasteiger partial charge in [-0.1, -0.05) is 38.5 Å². The van der Waals surface area contributed by atoms with Gasteiger partial charge in [0.25, 0.3) is 0 Å². The van der Waals surface area contributed by atoms with Crippen molar-refractivity contribution in [1.29, 1.82) is 0 Å². The summed E-state index contributed by atoms with van der Waals surface area (Å²) in [6.45, 7) is 4.74. The zero-order chi connectivity index (χ0) is 11.6. The lowest BCUT2D eigenvalue weighted by molar-refractivity contribution is 0.191. The van der Waals surface area contributed by atoms with Crippen LogP contribution in [0.15, 0.2) is 24.3 Å². The standard InChI is InChI=1S/C15H23N/c1-3-15(2)10-8-12(9-11-15)13-6-4-5-7-14(13)16/h4-7,12H,3,8-11,16H2,1-2H3. The molecule has 2 rings (SSSR count). The van der Waals surface area contributed by atoms with Crippen LogP contribution in [0.5, 0.6) is 0 Å². The molecule has 2 N–H and O–H groups in total. The smallest absolute Gasteiger partial charge is 0.0349 e. The Morgan fingerprint density at radius 3 is 2.44 bits per heavy atom. The largest absolute Gasteiger partial charge is 0.398 e. The quantitative estimate of drug-likeness (QED) is 0.733. The number of nitrogens with two attached hydrogens (primary N) is 1. The Morgan fingerprint density at radius 1 is 1.25 bits per heavy atom. The van der Waals surface area contributed by atoms with Crippen molar-refractivity contribution in [3.05, 3.63) is 29.8 Å². The van der Waals surface area contributed by atoms with E-state index in [0.29, 0.717) is 11.3 Å². The lowest BCUT2D eigenvalue weighted by Crippen LogP contribution is -2.23.